The molecule has 21 heavy (non-hydrogen) atoms. The van der Waals surface area contributed by atoms with Crippen LogP contribution in [0, 0.1) is 17.0 Å². The van der Waals surface area contributed by atoms with Gasteiger partial charge < -0.3 is 15.3 Å². The second kappa shape index (κ2) is 7.22. The van der Waals surface area contributed by atoms with Gasteiger partial charge in [-0.05, 0) is 12.5 Å². The molecule has 0 aliphatic heterocycles. The molecule has 0 spiro atoms. The first-order valence-corrected chi connectivity index (χ1v) is 6.26. The maximum Gasteiger partial charge on any atom is 0.317 e. The van der Waals surface area contributed by atoms with E-state index in [0.717, 1.165) is 0 Å². The van der Waals surface area contributed by atoms with E-state index in [1.165, 1.54) is 18.0 Å². The number of hydrogen-bond acceptors (Lipinski definition) is 4. The van der Waals surface area contributed by atoms with Crippen molar-refractivity contribution in [2.45, 2.75) is 19.9 Å². The average Bonchev–Trinajstić information content (AvgIpc) is 2.42. The molecule has 0 aliphatic rings. The molecule has 2 amide bonds. The summed E-state index contributed by atoms with van der Waals surface area (Å²) >= 11 is 0. The first kappa shape index (κ1) is 16.4. The standard InChI is InChI=1S/C13H17N3O5/c1-9-10(4-3-5-11(9)16(20)21)8-14-13(19)15(2)7-6-12(17)18/h3-5H,6-8H2,1-2H3,(H,14,19)(H,17,18). The van der Waals surface area contributed by atoms with Gasteiger partial charge in [0, 0.05) is 31.8 Å². The lowest BCUT2D eigenvalue weighted by Gasteiger charge is -2.17. The van der Waals surface area contributed by atoms with Crippen LogP contribution >= 0.6 is 0 Å². The van der Waals surface area contributed by atoms with Crippen LogP contribution in [0.1, 0.15) is 17.5 Å². The smallest absolute Gasteiger partial charge is 0.317 e. The van der Waals surface area contributed by atoms with Crippen LogP contribution in [0.5, 0.6) is 0 Å². The first-order chi connectivity index (χ1) is 9.82. The van der Waals surface area contributed by atoms with Gasteiger partial charge in [-0.2, -0.15) is 0 Å². The number of nitrogens with zero attached hydrogens (tertiary/aromatic N) is 2. The topological polar surface area (TPSA) is 113 Å². The number of nitro groups is 1. The van der Waals surface area contributed by atoms with Gasteiger partial charge in [0.1, 0.15) is 0 Å². The third-order valence-corrected chi connectivity index (χ3v) is 3.05. The van der Waals surface area contributed by atoms with Crippen molar-refractivity contribution in [2.24, 2.45) is 0 Å². The van der Waals surface area contributed by atoms with Gasteiger partial charge in [0.25, 0.3) is 5.69 Å². The summed E-state index contributed by atoms with van der Waals surface area (Å²) in [6.07, 6.45) is -0.139. The Morgan fingerprint density at radius 1 is 1.43 bits per heavy atom. The van der Waals surface area contributed by atoms with Gasteiger partial charge in [0.15, 0.2) is 0 Å². The first-order valence-electron chi connectivity index (χ1n) is 6.26. The molecule has 114 valence electrons. The molecule has 0 bridgehead atoms. The van der Waals surface area contributed by atoms with Gasteiger partial charge in [0.2, 0.25) is 0 Å². The van der Waals surface area contributed by atoms with E-state index >= 15 is 0 Å². The van der Waals surface area contributed by atoms with Gasteiger partial charge in [-0.3, -0.25) is 14.9 Å². The molecule has 1 rings (SSSR count). The average molecular weight is 295 g/mol. The number of aliphatic carboxylic acids is 1. The number of nitro benzene ring substituents is 1. The van der Waals surface area contributed by atoms with Gasteiger partial charge >= 0.3 is 12.0 Å². The maximum absolute atomic E-state index is 11.7. The third kappa shape index (κ3) is 4.75. The Morgan fingerprint density at radius 3 is 2.67 bits per heavy atom. The van der Waals surface area contributed by atoms with Gasteiger partial charge in [0.05, 0.1) is 11.3 Å². The van der Waals surface area contributed by atoms with Gasteiger partial charge in [-0.15, -0.1) is 0 Å². The minimum Gasteiger partial charge on any atom is -0.481 e. The molecule has 8 heteroatoms. The summed E-state index contributed by atoms with van der Waals surface area (Å²) in [6, 6.07) is 4.22. The van der Waals surface area contributed by atoms with Crippen molar-refractivity contribution < 1.29 is 19.6 Å². The van der Waals surface area contributed by atoms with E-state index in [1.54, 1.807) is 19.1 Å². The van der Waals surface area contributed by atoms with Crippen LogP contribution in [-0.2, 0) is 11.3 Å². The van der Waals surface area contributed by atoms with Crippen LogP contribution in [0.25, 0.3) is 0 Å². The molecule has 0 saturated carbocycles. The van der Waals surface area contributed by atoms with Crippen molar-refractivity contribution >= 4 is 17.7 Å². The Hall–Kier alpha value is -2.64. The van der Waals surface area contributed by atoms with E-state index < -0.39 is 16.9 Å². The molecule has 0 unspecified atom stereocenters. The summed E-state index contributed by atoms with van der Waals surface area (Å²) in [4.78, 5) is 33.8. The van der Waals surface area contributed by atoms with Crippen LogP contribution in [0.3, 0.4) is 0 Å². The normalized spacial score (nSPS) is 10.0. The zero-order valence-corrected chi connectivity index (χ0v) is 11.8. The molecule has 8 nitrogen and oxygen atoms in total. The summed E-state index contributed by atoms with van der Waals surface area (Å²) in [7, 11) is 1.48. The fourth-order valence-electron chi connectivity index (χ4n) is 1.73. The second-order valence-electron chi connectivity index (χ2n) is 4.54. The van der Waals surface area contributed by atoms with E-state index in [-0.39, 0.29) is 25.2 Å². The zero-order chi connectivity index (χ0) is 16.0. The minimum absolute atomic E-state index is 0.000908. The largest absolute Gasteiger partial charge is 0.481 e. The Morgan fingerprint density at radius 2 is 2.10 bits per heavy atom. The monoisotopic (exact) mass is 295 g/mol. The van der Waals surface area contributed by atoms with Crippen LogP contribution in [0.15, 0.2) is 18.2 Å². The highest BCUT2D eigenvalue weighted by molar-refractivity contribution is 5.75. The second-order valence-corrected chi connectivity index (χ2v) is 4.54. The number of amides is 2. The number of carbonyl (C=O) groups excluding carboxylic acids is 1. The predicted molar refractivity (Wildman–Crippen MR) is 75.0 cm³/mol. The van der Waals surface area contributed by atoms with Gasteiger partial charge in [-0.1, -0.05) is 12.1 Å². The summed E-state index contributed by atoms with van der Waals surface area (Å²) in [5.41, 5.74) is 1.14. The van der Waals surface area contributed by atoms with E-state index in [4.69, 9.17) is 5.11 Å². The lowest BCUT2D eigenvalue weighted by Crippen LogP contribution is -2.38. The third-order valence-electron chi connectivity index (χ3n) is 3.05. The molecular weight excluding hydrogens is 278 g/mol. The number of hydrogen-bond donors (Lipinski definition) is 2. The number of benzene rings is 1. The molecule has 0 atom stereocenters. The minimum atomic E-state index is -0.982. The van der Waals surface area contributed by atoms with Crippen LogP contribution in [0.4, 0.5) is 10.5 Å². The number of carbonyl (C=O) groups is 2. The Bertz CT molecular complexity index is 559. The highest BCUT2D eigenvalue weighted by Crippen LogP contribution is 2.20. The Labute approximate surface area is 121 Å². The summed E-state index contributed by atoms with van der Waals surface area (Å²) in [5.74, 6) is -0.982. The molecule has 2 N–H and O–H groups in total. The van der Waals surface area contributed by atoms with E-state index in [1.807, 2.05) is 0 Å². The fourth-order valence-corrected chi connectivity index (χ4v) is 1.73. The molecular formula is C13H17N3O5. The SMILES string of the molecule is Cc1c(CNC(=O)N(C)CCC(=O)O)cccc1[N+](=O)[O-]. The van der Waals surface area contributed by atoms with Crippen LogP contribution in [0.2, 0.25) is 0 Å². The fraction of sp³-hybridized carbons (Fsp3) is 0.385. The zero-order valence-electron chi connectivity index (χ0n) is 11.8. The maximum atomic E-state index is 11.7. The van der Waals surface area contributed by atoms with Gasteiger partial charge in [-0.25, -0.2) is 4.79 Å². The lowest BCUT2D eigenvalue weighted by atomic mass is 10.1. The summed E-state index contributed by atoms with van der Waals surface area (Å²) in [6.45, 7) is 1.85. The molecule has 0 fully saturated rings. The number of carboxylic acids is 1. The van der Waals surface area contributed by atoms with Crippen molar-refractivity contribution in [1.82, 2.24) is 10.2 Å². The highest BCUT2D eigenvalue weighted by atomic mass is 16.6. The lowest BCUT2D eigenvalue weighted by molar-refractivity contribution is -0.385. The van der Waals surface area contributed by atoms with Crippen molar-refractivity contribution in [3.63, 3.8) is 0 Å². The van der Waals surface area contributed by atoms with Crippen molar-refractivity contribution in [1.29, 1.82) is 0 Å². The number of urea groups is 1. The predicted octanol–water partition coefficient (Wildman–Crippen LogP) is 1.52. The van der Waals surface area contributed by atoms with Crippen LogP contribution in [-0.4, -0.2) is 40.5 Å². The van der Waals surface area contributed by atoms with Crippen molar-refractivity contribution in [3.8, 4) is 0 Å². The van der Waals surface area contributed by atoms with E-state index in [9.17, 15) is 19.7 Å². The van der Waals surface area contributed by atoms with Crippen LogP contribution < -0.4 is 5.32 Å². The number of carboxylic acid groups (broad SMARTS) is 1. The number of nitrogens with one attached hydrogen (secondary N) is 1. The highest BCUT2D eigenvalue weighted by Gasteiger charge is 2.14. The Kier molecular flexibility index (Phi) is 5.65. The number of rotatable bonds is 6. The van der Waals surface area contributed by atoms with E-state index in [2.05, 4.69) is 5.32 Å². The molecule has 0 radical (unpaired) electrons. The molecule has 0 heterocycles. The summed E-state index contributed by atoms with van der Waals surface area (Å²) in [5, 5.41) is 22.0. The van der Waals surface area contributed by atoms with E-state index in [0.29, 0.717) is 11.1 Å². The molecule has 1 aromatic carbocycles. The molecule has 0 aliphatic carbocycles. The molecule has 1 aromatic rings. The molecule has 0 saturated heterocycles. The van der Waals surface area contributed by atoms with Crippen molar-refractivity contribution in [3.05, 3.63) is 39.4 Å². The Balaban J connectivity index is 2.63. The summed E-state index contributed by atoms with van der Waals surface area (Å²) < 4.78 is 0. The van der Waals surface area contributed by atoms with Crippen molar-refractivity contribution in [2.75, 3.05) is 13.6 Å². The quantitative estimate of drug-likeness (QED) is 0.610. The molecule has 0 aromatic heterocycles.